The molecule has 100 valence electrons. The summed E-state index contributed by atoms with van der Waals surface area (Å²) in [4.78, 5) is 26.7. The second-order valence-electron chi connectivity index (χ2n) is 3.82. The average molecular weight is 269 g/mol. The van der Waals surface area contributed by atoms with Gasteiger partial charge in [0.05, 0.1) is 5.57 Å². The Hall–Kier alpha value is -2.95. The van der Waals surface area contributed by atoms with E-state index in [0.717, 1.165) is 6.08 Å². The van der Waals surface area contributed by atoms with Crippen LogP contribution in [0.25, 0.3) is 5.57 Å². The van der Waals surface area contributed by atoms with Crippen molar-refractivity contribution in [3.05, 3.63) is 66.4 Å². The van der Waals surface area contributed by atoms with Gasteiger partial charge in [-0.1, -0.05) is 36.4 Å². The standard InChI is InChI=1S/C15H11NO4/c17-14(20-13-8-4-5-9-16-13)10-12(15(18)19)11-6-2-1-3-7-11/h1-10H,(H,18,19)/b12-10-. The molecule has 1 heterocycles. The number of hydrogen-bond donors (Lipinski definition) is 1. The van der Waals surface area contributed by atoms with E-state index in [4.69, 9.17) is 9.84 Å². The molecule has 1 N–H and O–H groups in total. The molecule has 1 aromatic heterocycles. The summed E-state index contributed by atoms with van der Waals surface area (Å²) in [5.41, 5.74) is 0.296. The number of hydrogen-bond acceptors (Lipinski definition) is 4. The molecular weight excluding hydrogens is 258 g/mol. The Morgan fingerprint density at radius 2 is 1.75 bits per heavy atom. The van der Waals surface area contributed by atoms with Crippen molar-refractivity contribution < 1.29 is 19.4 Å². The fourth-order valence-corrected chi connectivity index (χ4v) is 1.54. The fourth-order valence-electron chi connectivity index (χ4n) is 1.54. The van der Waals surface area contributed by atoms with Gasteiger partial charge >= 0.3 is 11.9 Å². The van der Waals surface area contributed by atoms with Crippen molar-refractivity contribution in [2.24, 2.45) is 0 Å². The summed E-state index contributed by atoms with van der Waals surface area (Å²) in [6, 6.07) is 13.2. The Kier molecular flexibility index (Phi) is 4.24. The van der Waals surface area contributed by atoms with Crippen LogP contribution in [0.15, 0.2) is 60.8 Å². The van der Waals surface area contributed by atoms with Gasteiger partial charge in [0.2, 0.25) is 5.88 Å². The maximum absolute atomic E-state index is 11.7. The molecule has 0 fully saturated rings. The van der Waals surface area contributed by atoms with Crippen LogP contribution in [0.2, 0.25) is 0 Å². The van der Waals surface area contributed by atoms with Crippen LogP contribution in [0, 0.1) is 0 Å². The number of carbonyl (C=O) groups excluding carboxylic acids is 1. The summed E-state index contributed by atoms with van der Waals surface area (Å²) >= 11 is 0. The number of rotatable bonds is 4. The largest absolute Gasteiger partial charge is 0.478 e. The Morgan fingerprint density at radius 1 is 1.05 bits per heavy atom. The predicted molar refractivity (Wildman–Crippen MR) is 71.9 cm³/mol. The molecule has 2 rings (SSSR count). The van der Waals surface area contributed by atoms with Crippen LogP contribution in [0.5, 0.6) is 5.88 Å². The maximum atomic E-state index is 11.7. The van der Waals surface area contributed by atoms with Crippen molar-refractivity contribution >= 4 is 17.5 Å². The van der Waals surface area contributed by atoms with E-state index in [0.29, 0.717) is 5.56 Å². The molecule has 0 bridgehead atoms. The molecule has 0 unspecified atom stereocenters. The van der Waals surface area contributed by atoms with E-state index in [1.807, 2.05) is 0 Å². The summed E-state index contributed by atoms with van der Waals surface area (Å²) in [5, 5.41) is 9.15. The van der Waals surface area contributed by atoms with Gasteiger partial charge < -0.3 is 9.84 Å². The molecule has 0 saturated carbocycles. The van der Waals surface area contributed by atoms with Gasteiger partial charge in [-0.2, -0.15) is 0 Å². The number of ether oxygens (including phenoxy) is 1. The highest BCUT2D eigenvalue weighted by molar-refractivity contribution is 6.19. The van der Waals surface area contributed by atoms with Crippen LogP contribution in [-0.4, -0.2) is 22.0 Å². The minimum atomic E-state index is -1.20. The minimum Gasteiger partial charge on any atom is -0.478 e. The predicted octanol–water partition coefficient (Wildman–Crippen LogP) is 2.16. The van der Waals surface area contributed by atoms with Gasteiger partial charge in [0.1, 0.15) is 0 Å². The normalized spacial score (nSPS) is 10.9. The van der Waals surface area contributed by atoms with Gasteiger partial charge in [0, 0.05) is 18.3 Å². The zero-order chi connectivity index (χ0) is 14.4. The minimum absolute atomic E-state index is 0.117. The lowest BCUT2D eigenvalue weighted by Crippen LogP contribution is -2.09. The Morgan fingerprint density at radius 3 is 2.35 bits per heavy atom. The quantitative estimate of drug-likeness (QED) is 0.679. The molecule has 5 nitrogen and oxygen atoms in total. The molecule has 0 aliphatic rings. The molecule has 0 radical (unpaired) electrons. The summed E-state index contributed by atoms with van der Waals surface area (Å²) in [6.07, 6.45) is 2.41. The van der Waals surface area contributed by atoms with E-state index >= 15 is 0 Å². The van der Waals surface area contributed by atoms with Gasteiger partial charge in [0.25, 0.3) is 0 Å². The van der Waals surface area contributed by atoms with E-state index in [1.165, 1.54) is 12.3 Å². The molecule has 0 aliphatic heterocycles. The van der Waals surface area contributed by atoms with Crippen molar-refractivity contribution in [1.29, 1.82) is 0 Å². The zero-order valence-corrected chi connectivity index (χ0v) is 10.4. The van der Waals surface area contributed by atoms with Gasteiger partial charge in [-0.3, -0.25) is 0 Å². The molecular formula is C15H11NO4. The number of benzene rings is 1. The van der Waals surface area contributed by atoms with Crippen LogP contribution in [0.1, 0.15) is 5.56 Å². The van der Waals surface area contributed by atoms with E-state index < -0.39 is 11.9 Å². The Balaban J connectivity index is 2.22. The molecule has 0 atom stereocenters. The SMILES string of the molecule is O=C(/C=C(\C(=O)O)c1ccccc1)Oc1ccccn1. The first kappa shape index (κ1) is 13.5. The number of nitrogens with zero attached hydrogens (tertiary/aromatic N) is 1. The van der Waals surface area contributed by atoms with Crippen LogP contribution >= 0.6 is 0 Å². The molecule has 0 amide bonds. The third-order valence-electron chi connectivity index (χ3n) is 2.42. The molecule has 20 heavy (non-hydrogen) atoms. The third-order valence-corrected chi connectivity index (χ3v) is 2.42. The second kappa shape index (κ2) is 6.29. The first-order chi connectivity index (χ1) is 9.66. The lowest BCUT2D eigenvalue weighted by atomic mass is 10.1. The van der Waals surface area contributed by atoms with Crippen molar-refractivity contribution in [3.8, 4) is 5.88 Å². The average Bonchev–Trinajstić information content (AvgIpc) is 2.46. The number of esters is 1. The van der Waals surface area contributed by atoms with Crippen LogP contribution < -0.4 is 4.74 Å². The Labute approximate surface area is 115 Å². The number of carboxylic acids is 1. The molecule has 0 aliphatic carbocycles. The Bertz CT molecular complexity index is 635. The first-order valence-electron chi connectivity index (χ1n) is 5.80. The summed E-state index contributed by atoms with van der Waals surface area (Å²) < 4.78 is 4.93. The smallest absolute Gasteiger partial charge is 0.338 e. The highest BCUT2D eigenvalue weighted by atomic mass is 16.5. The van der Waals surface area contributed by atoms with E-state index in [-0.39, 0.29) is 11.5 Å². The molecule has 0 spiro atoms. The van der Waals surface area contributed by atoms with Crippen molar-refractivity contribution in [3.63, 3.8) is 0 Å². The van der Waals surface area contributed by atoms with Crippen LogP contribution in [0.4, 0.5) is 0 Å². The maximum Gasteiger partial charge on any atom is 0.338 e. The summed E-state index contributed by atoms with van der Waals surface area (Å²) in [5.74, 6) is -1.87. The van der Waals surface area contributed by atoms with Gasteiger partial charge in [-0.05, 0) is 11.6 Å². The summed E-state index contributed by atoms with van der Waals surface area (Å²) in [6.45, 7) is 0. The number of carbonyl (C=O) groups is 2. The lowest BCUT2D eigenvalue weighted by Gasteiger charge is -2.03. The summed E-state index contributed by atoms with van der Waals surface area (Å²) in [7, 11) is 0. The van der Waals surface area contributed by atoms with E-state index in [9.17, 15) is 9.59 Å². The van der Waals surface area contributed by atoms with Crippen molar-refractivity contribution in [2.75, 3.05) is 0 Å². The first-order valence-corrected chi connectivity index (χ1v) is 5.80. The van der Waals surface area contributed by atoms with Gasteiger partial charge in [-0.15, -0.1) is 0 Å². The number of pyridine rings is 1. The lowest BCUT2D eigenvalue weighted by molar-refractivity contribution is -0.132. The monoisotopic (exact) mass is 269 g/mol. The number of aliphatic carboxylic acids is 1. The number of carboxylic acid groups (broad SMARTS) is 1. The van der Waals surface area contributed by atoms with E-state index in [1.54, 1.807) is 42.5 Å². The zero-order valence-electron chi connectivity index (χ0n) is 10.4. The molecule has 2 aromatic rings. The number of aromatic nitrogens is 1. The van der Waals surface area contributed by atoms with Gasteiger partial charge in [-0.25, -0.2) is 14.6 Å². The van der Waals surface area contributed by atoms with Crippen LogP contribution in [-0.2, 0) is 9.59 Å². The van der Waals surface area contributed by atoms with Crippen molar-refractivity contribution in [2.45, 2.75) is 0 Å². The van der Waals surface area contributed by atoms with Gasteiger partial charge in [0.15, 0.2) is 0 Å². The van der Waals surface area contributed by atoms with Crippen molar-refractivity contribution in [1.82, 2.24) is 4.98 Å². The molecule has 1 aromatic carbocycles. The molecule has 0 saturated heterocycles. The van der Waals surface area contributed by atoms with Crippen LogP contribution in [0.3, 0.4) is 0 Å². The third kappa shape index (κ3) is 3.52. The second-order valence-corrected chi connectivity index (χ2v) is 3.82. The topological polar surface area (TPSA) is 76.5 Å². The van der Waals surface area contributed by atoms with E-state index in [2.05, 4.69) is 4.98 Å². The highest BCUT2D eigenvalue weighted by Gasteiger charge is 2.13. The molecule has 5 heteroatoms. The fraction of sp³-hybridized carbons (Fsp3) is 0. The highest BCUT2D eigenvalue weighted by Crippen LogP contribution is 2.15.